The Labute approximate surface area is 148 Å². The van der Waals surface area contributed by atoms with Crippen molar-refractivity contribution in [2.24, 2.45) is 0 Å². The number of halogens is 2. The number of benzene rings is 2. The van der Waals surface area contributed by atoms with E-state index in [1.165, 1.54) is 12.1 Å². The molecule has 0 atom stereocenters. The third-order valence-corrected chi connectivity index (χ3v) is 3.59. The molecule has 0 nitrogen and oxygen atoms in total. The van der Waals surface area contributed by atoms with Gasteiger partial charge in [0.25, 0.3) is 0 Å². The molecule has 0 fully saturated rings. The van der Waals surface area contributed by atoms with Gasteiger partial charge < -0.3 is 0 Å². The van der Waals surface area contributed by atoms with Crippen molar-refractivity contribution in [2.45, 2.75) is 20.3 Å². The van der Waals surface area contributed by atoms with Crippen LogP contribution in [0.4, 0.5) is 8.78 Å². The van der Waals surface area contributed by atoms with Gasteiger partial charge in [0.05, 0.1) is 5.56 Å². The average molecular weight is 334 g/mol. The molecule has 0 aliphatic heterocycles. The summed E-state index contributed by atoms with van der Waals surface area (Å²) in [5.41, 5.74) is 3.34. The van der Waals surface area contributed by atoms with E-state index in [9.17, 15) is 8.78 Å². The Kier molecular flexibility index (Phi) is 6.48. The SMILES string of the molecule is C=CC=C(C)C=CCc1ccc(C#Cc2c(F)cc(C)cc2F)cc1. The molecule has 126 valence electrons. The first-order valence-electron chi connectivity index (χ1n) is 8.02. The summed E-state index contributed by atoms with van der Waals surface area (Å²) < 4.78 is 27.6. The van der Waals surface area contributed by atoms with Crippen LogP contribution in [-0.2, 0) is 6.42 Å². The molecule has 0 aromatic heterocycles. The molecule has 2 heteroatoms. The van der Waals surface area contributed by atoms with E-state index < -0.39 is 11.6 Å². The van der Waals surface area contributed by atoms with Crippen LogP contribution in [0, 0.1) is 30.4 Å². The summed E-state index contributed by atoms with van der Waals surface area (Å²) in [6, 6.07) is 10.2. The first-order valence-corrected chi connectivity index (χ1v) is 8.02. The molecule has 0 unspecified atom stereocenters. The summed E-state index contributed by atoms with van der Waals surface area (Å²) in [5, 5.41) is 0. The Bertz CT molecular complexity index is 850. The van der Waals surface area contributed by atoms with Crippen LogP contribution in [0.25, 0.3) is 0 Å². The minimum atomic E-state index is -0.630. The van der Waals surface area contributed by atoms with Gasteiger partial charge in [0.1, 0.15) is 11.6 Å². The second-order valence-electron chi connectivity index (χ2n) is 5.80. The van der Waals surface area contributed by atoms with Gasteiger partial charge in [0, 0.05) is 5.56 Å². The molecule has 0 radical (unpaired) electrons. The molecule has 0 saturated carbocycles. The topological polar surface area (TPSA) is 0 Å². The van der Waals surface area contributed by atoms with E-state index in [0.717, 1.165) is 23.1 Å². The summed E-state index contributed by atoms with van der Waals surface area (Å²) in [5.74, 6) is 4.14. The lowest BCUT2D eigenvalue weighted by molar-refractivity contribution is 0.575. The average Bonchev–Trinajstić information content (AvgIpc) is 2.55. The fourth-order valence-electron chi connectivity index (χ4n) is 2.30. The molecule has 0 aliphatic rings. The summed E-state index contributed by atoms with van der Waals surface area (Å²) >= 11 is 0. The van der Waals surface area contributed by atoms with Gasteiger partial charge in [-0.05, 0) is 55.7 Å². The lowest BCUT2D eigenvalue weighted by Gasteiger charge is -1.99. The minimum absolute atomic E-state index is 0.193. The van der Waals surface area contributed by atoms with E-state index in [-0.39, 0.29) is 5.56 Å². The minimum Gasteiger partial charge on any atom is -0.206 e. The van der Waals surface area contributed by atoms with Crippen molar-refractivity contribution in [1.82, 2.24) is 0 Å². The predicted molar refractivity (Wildman–Crippen MR) is 100 cm³/mol. The molecular formula is C23H20F2. The van der Waals surface area contributed by atoms with Crippen molar-refractivity contribution in [1.29, 1.82) is 0 Å². The monoisotopic (exact) mass is 334 g/mol. The number of rotatable bonds is 4. The molecule has 0 N–H and O–H groups in total. The third-order valence-electron chi connectivity index (χ3n) is 3.59. The van der Waals surface area contributed by atoms with E-state index in [4.69, 9.17) is 0 Å². The van der Waals surface area contributed by atoms with Crippen molar-refractivity contribution in [3.63, 3.8) is 0 Å². The highest BCUT2D eigenvalue weighted by molar-refractivity contribution is 5.45. The Morgan fingerprint density at radius 1 is 1.08 bits per heavy atom. The van der Waals surface area contributed by atoms with Crippen LogP contribution in [-0.4, -0.2) is 0 Å². The molecule has 2 rings (SSSR count). The zero-order chi connectivity index (χ0) is 18.2. The van der Waals surface area contributed by atoms with Gasteiger partial charge in [-0.1, -0.05) is 60.4 Å². The van der Waals surface area contributed by atoms with Crippen LogP contribution in [0.1, 0.15) is 29.2 Å². The van der Waals surface area contributed by atoms with Crippen molar-refractivity contribution in [2.75, 3.05) is 0 Å². The van der Waals surface area contributed by atoms with Gasteiger partial charge in [-0.15, -0.1) is 0 Å². The summed E-state index contributed by atoms with van der Waals surface area (Å²) in [4.78, 5) is 0. The van der Waals surface area contributed by atoms with Crippen molar-refractivity contribution in [3.05, 3.63) is 107 Å². The molecule has 0 bridgehead atoms. The van der Waals surface area contributed by atoms with Gasteiger partial charge in [-0.3, -0.25) is 0 Å². The fourth-order valence-corrected chi connectivity index (χ4v) is 2.30. The lowest BCUT2D eigenvalue weighted by atomic mass is 10.1. The maximum Gasteiger partial charge on any atom is 0.142 e. The number of allylic oxidation sites excluding steroid dienone is 5. The molecule has 0 amide bonds. The smallest absolute Gasteiger partial charge is 0.142 e. The summed E-state index contributed by atoms with van der Waals surface area (Å²) in [6.07, 6.45) is 8.62. The zero-order valence-corrected chi connectivity index (χ0v) is 14.4. The third kappa shape index (κ3) is 5.58. The van der Waals surface area contributed by atoms with Crippen molar-refractivity contribution < 1.29 is 8.78 Å². The summed E-state index contributed by atoms with van der Waals surface area (Å²) in [7, 11) is 0. The molecule has 0 aliphatic carbocycles. The quantitative estimate of drug-likeness (QED) is 0.482. The van der Waals surface area contributed by atoms with Gasteiger partial charge in [-0.25, -0.2) is 8.78 Å². The predicted octanol–water partition coefficient (Wildman–Crippen LogP) is 5.90. The number of aryl methyl sites for hydroxylation is 1. The van der Waals surface area contributed by atoms with E-state index in [2.05, 4.69) is 24.5 Å². The zero-order valence-electron chi connectivity index (χ0n) is 14.4. The van der Waals surface area contributed by atoms with Gasteiger partial charge >= 0.3 is 0 Å². The normalized spacial score (nSPS) is 11.3. The molecule has 25 heavy (non-hydrogen) atoms. The van der Waals surface area contributed by atoms with Crippen molar-refractivity contribution in [3.8, 4) is 11.8 Å². The fraction of sp³-hybridized carbons (Fsp3) is 0.130. The van der Waals surface area contributed by atoms with Crippen LogP contribution in [0.3, 0.4) is 0 Å². The second kappa shape index (κ2) is 8.80. The molecule has 2 aromatic rings. The van der Waals surface area contributed by atoms with Crippen LogP contribution >= 0.6 is 0 Å². The largest absolute Gasteiger partial charge is 0.206 e. The van der Waals surface area contributed by atoms with E-state index in [1.54, 1.807) is 13.0 Å². The first kappa shape index (κ1) is 18.4. The highest BCUT2D eigenvalue weighted by Gasteiger charge is 2.06. The molecular weight excluding hydrogens is 314 g/mol. The Morgan fingerprint density at radius 2 is 1.72 bits per heavy atom. The van der Waals surface area contributed by atoms with Crippen LogP contribution in [0.2, 0.25) is 0 Å². The Morgan fingerprint density at radius 3 is 2.32 bits per heavy atom. The Hall–Kier alpha value is -2.92. The van der Waals surface area contributed by atoms with Gasteiger partial charge in [0.2, 0.25) is 0 Å². The van der Waals surface area contributed by atoms with Crippen LogP contribution in [0.15, 0.2) is 72.9 Å². The highest BCUT2D eigenvalue weighted by Crippen LogP contribution is 2.14. The second-order valence-corrected chi connectivity index (χ2v) is 5.80. The van der Waals surface area contributed by atoms with E-state index in [0.29, 0.717) is 5.56 Å². The van der Waals surface area contributed by atoms with Crippen LogP contribution < -0.4 is 0 Å². The van der Waals surface area contributed by atoms with E-state index >= 15 is 0 Å². The highest BCUT2D eigenvalue weighted by atomic mass is 19.1. The molecule has 0 saturated heterocycles. The standard InChI is InChI=1S/C23H20F2/c1-4-6-17(2)7-5-8-19-9-11-20(12-10-19)13-14-21-22(24)15-18(3)16-23(21)25/h4-7,9-12,15-16H,1,8H2,2-3H3. The molecule has 0 heterocycles. The summed E-state index contributed by atoms with van der Waals surface area (Å²) in [6.45, 7) is 7.32. The van der Waals surface area contributed by atoms with E-state index in [1.807, 2.05) is 43.3 Å². The maximum absolute atomic E-state index is 13.8. The van der Waals surface area contributed by atoms with Crippen LogP contribution in [0.5, 0.6) is 0 Å². The molecule has 0 spiro atoms. The van der Waals surface area contributed by atoms with Crippen molar-refractivity contribution >= 4 is 0 Å². The van der Waals surface area contributed by atoms with Gasteiger partial charge in [0.15, 0.2) is 0 Å². The number of hydrogen-bond acceptors (Lipinski definition) is 0. The number of hydrogen-bond donors (Lipinski definition) is 0. The Balaban J connectivity index is 2.09. The lowest BCUT2D eigenvalue weighted by Crippen LogP contribution is -1.91. The molecule has 2 aromatic carbocycles. The first-order chi connectivity index (χ1) is 12.0. The van der Waals surface area contributed by atoms with Gasteiger partial charge in [-0.2, -0.15) is 0 Å². The maximum atomic E-state index is 13.8.